The van der Waals surface area contributed by atoms with Gasteiger partial charge in [0.2, 0.25) is 0 Å². The normalized spacial score (nSPS) is 10.9. The Bertz CT molecular complexity index is 1140. The Balaban J connectivity index is 1.68. The molecular formula is C26H20F2. The molecule has 0 saturated carbocycles. The second-order valence-electron chi connectivity index (χ2n) is 6.90. The molecule has 0 amide bonds. The zero-order valence-corrected chi connectivity index (χ0v) is 15.5. The summed E-state index contributed by atoms with van der Waals surface area (Å²) in [5.74, 6) is -0.485. The molecule has 138 valence electrons. The van der Waals surface area contributed by atoms with Crippen molar-refractivity contribution in [3.63, 3.8) is 0 Å². The molecule has 0 unspecified atom stereocenters. The summed E-state index contributed by atoms with van der Waals surface area (Å²) in [4.78, 5) is 0. The van der Waals surface area contributed by atoms with Crippen LogP contribution in [-0.2, 0) is 6.42 Å². The van der Waals surface area contributed by atoms with Crippen LogP contribution < -0.4 is 0 Å². The van der Waals surface area contributed by atoms with E-state index < -0.39 is 0 Å². The fourth-order valence-corrected chi connectivity index (χ4v) is 3.50. The van der Waals surface area contributed by atoms with Crippen molar-refractivity contribution in [1.82, 2.24) is 0 Å². The molecule has 0 bridgehead atoms. The quantitative estimate of drug-likeness (QED) is 0.318. The Labute approximate surface area is 163 Å². The smallest absolute Gasteiger partial charge is 0.138 e. The van der Waals surface area contributed by atoms with Crippen LogP contribution in [0.2, 0.25) is 0 Å². The summed E-state index contributed by atoms with van der Waals surface area (Å²) in [6.07, 6.45) is 3.70. The van der Waals surface area contributed by atoms with Crippen molar-refractivity contribution in [1.29, 1.82) is 0 Å². The van der Waals surface area contributed by atoms with Gasteiger partial charge in [0.1, 0.15) is 11.6 Å². The predicted molar refractivity (Wildman–Crippen MR) is 113 cm³/mol. The van der Waals surface area contributed by atoms with Gasteiger partial charge in [-0.15, -0.1) is 6.58 Å². The predicted octanol–water partition coefficient (Wildman–Crippen LogP) is 7.57. The third-order valence-corrected chi connectivity index (χ3v) is 5.01. The van der Waals surface area contributed by atoms with Gasteiger partial charge >= 0.3 is 0 Å². The van der Waals surface area contributed by atoms with E-state index in [0.717, 1.165) is 34.9 Å². The van der Waals surface area contributed by atoms with Gasteiger partial charge in [-0.1, -0.05) is 72.8 Å². The Hall–Kier alpha value is -3.26. The standard InChI is InChI=1S/C26H20F2/c1-2-3-5-18-8-14-25-22(16-18)13-15-24(26(25)28)20-11-9-19(10-12-20)21-6-4-7-23(27)17-21/h2,4,6-17H,1,3,5H2. The number of aryl methyl sites for hydroxylation is 1. The van der Waals surface area contributed by atoms with Crippen molar-refractivity contribution in [3.8, 4) is 22.3 Å². The van der Waals surface area contributed by atoms with Gasteiger partial charge < -0.3 is 0 Å². The van der Waals surface area contributed by atoms with Gasteiger partial charge in [-0.3, -0.25) is 0 Å². The zero-order chi connectivity index (χ0) is 19.5. The average molecular weight is 370 g/mol. The van der Waals surface area contributed by atoms with Gasteiger partial charge in [-0.2, -0.15) is 0 Å². The minimum absolute atomic E-state index is 0.216. The molecule has 28 heavy (non-hydrogen) atoms. The molecule has 4 aromatic carbocycles. The van der Waals surface area contributed by atoms with Crippen molar-refractivity contribution in [2.75, 3.05) is 0 Å². The molecule has 0 fully saturated rings. The summed E-state index contributed by atoms with van der Waals surface area (Å²) in [5, 5.41) is 1.52. The Morgan fingerprint density at radius 3 is 2.29 bits per heavy atom. The largest absolute Gasteiger partial charge is 0.207 e. The van der Waals surface area contributed by atoms with E-state index in [-0.39, 0.29) is 11.6 Å². The number of hydrogen-bond acceptors (Lipinski definition) is 0. The van der Waals surface area contributed by atoms with Crippen LogP contribution in [-0.4, -0.2) is 0 Å². The molecule has 0 heterocycles. The lowest BCUT2D eigenvalue weighted by Crippen LogP contribution is -1.90. The van der Waals surface area contributed by atoms with Crippen molar-refractivity contribution in [2.45, 2.75) is 12.8 Å². The maximum Gasteiger partial charge on any atom is 0.138 e. The van der Waals surface area contributed by atoms with Crippen LogP contribution in [0.3, 0.4) is 0 Å². The first kappa shape index (κ1) is 18.1. The lowest BCUT2D eigenvalue weighted by molar-refractivity contribution is 0.628. The van der Waals surface area contributed by atoms with Gasteiger partial charge in [0.15, 0.2) is 0 Å². The van der Waals surface area contributed by atoms with Crippen molar-refractivity contribution < 1.29 is 8.78 Å². The lowest BCUT2D eigenvalue weighted by atomic mass is 9.96. The maximum absolute atomic E-state index is 15.1. The van der Waals surface area contributed by atoms with Crippen LogP contribution >= 0.6 is 0 Å². The van der Waals surface area contributed by atoms with Gasteiger partial charge in [0.05, 0.1) is 0 Å². The maximum atomic E-state index is 15.1. The molecule has 4 aromatic rings. The molecule has 4 rings (SSSR count). The monoisotopic (exact) mass is 370 g/mol. The van der Waals surface area contributed by atoms with Crippen LogP contribution in [0, 0.1) is 11.6 Å². The van der Waals surface area contributed by atoms with Crippen LogP contribution in [0.4, 0.5) is 8.78 Å². The van der Waals surface area contributed by atoms with Crippen LogP contribution in [0.5, 0.6) is 0 Å². The second-order valence-corrected chi connectivity index (χ2v) is 6.90. The molecule has 0 radical (unpaired) electrons. The minimum Gasteiger partial charge on any atom is -0.207 e. The number of allylic oxidation sites excluding steroid dienone is 1. The molecule has 0 aliphatic heterocycles. The summed E-state index contributed by atoms with van der Waals surface area (Å²) in [5.41, 5.74) is 4.25. The zero-order valence-electron chi connectivity index (χ0n) is 15.5. The van der Waals surface area contributed by atoms with Crippen LogP contribution in [0.15, 0.2) is 91.5 Å². The highest BCUT2D eigenvalue weighted by atomic mass is 19.1. The van der Waals surface area contributed by atoms with E-state index >= 15 is 4.39 Å². The third-order valence-electron chi connectivity index (χ3n) is 5.01. The van der Waals surface area contributed by atoms with Gasteiger partial charge in [-0.25, -0.2) is 8.78 Å². The first-order chi connectivity index (χ1) is 13.7. The molecule has 0 aromatic heterocycles. The number of fused-ring (bicyclic) bond motifs is 1. The van der Waals surface area contributed by atoms with Crippen LogP contribution in [0.1, 0.15) is 12.0 Å². The van der Waals surface area contributed by atoms with E-state index in [2.05, 4.69) is 6.58 Å². The van der Waals surface area contributed by atoms with Crippen molar-refractivity contribution >= 4 is 10.8 Å². The number of halogens is 2. The van der Waals surface area contributed by atoms with Gasteiger partial charge in [0.25, 0.3) is 0 Å². The molecule has 2 heteroatoms. The fourth-order valence-electron chi connectivity index (χ4n) is 3.50. The summed E-state index contributed by atoms with van der Waals surface area (Å²) >= 11 is 0. The van der Waals surface area contributed by atoms with Gasteiger partial charge in [0, 0.05) is 10.9 Å². The molecule has 0 aliphatic rings. The summed E-state index contributed by atoms with van der Waals surface area (Å²) in [6, 6.07) is 23.7. The molecule has 0 nitrogen and oxygen atoms in total. The number of rotatable bonds is 5. The van der Waals surface area contributed by atoms with E-state index in [1.165, 1.54) is 17.7 Å². The second kappa shape index (κ2) is 7.77. The van der Waals surface area contributed by atoms with E-state index in [1.54, 1.807) is 6.07 Å². The summed E-state index contributed by atoms with van der Waals surface area (Å²) in [7, 11) is 0. The average Bonchev–Trinajstić information content (AvgIpc) is 2.73. The molecule has 0 spiro atoms. The molecule has 0 atom stereocenters. The first-order valence-corrected chi connectivity index (χ1v) is 9.34. The van der Waals surface area contributed by atoms with E-state index in [1.807, 2.05) is 66.7 Å². The topological polar surface area (TPSA) is 0 Å². The first-order valence-electron chi connectivity index (χ1n) is 9.34. The highest BCUT2D eigenvalue weighted by Gasteiger charge is 2.10. The number of benzene rings is 4. The third kappa shape index (κ3) is 3.59. The highest BCUT2D eigenvalue weighted by molar-refractivity contribution is 5.89. The van der Waals surface area contributed by atoms with Crippen LogP contribution in [0.25, 0.3) is 33.0 Å². The summed E-state index contributed by atoms with van der Waals surface area (Å²) < 4.78 is 28.6. The molecular weight excluding hydrogens is 350 g/mol. The highest BCUT2D eigenvalue weighted by Crippen LogP contribution is 2.31. The Kier molecular flexibility index (Phi) is 5.03. The number of hydrogen-bond donors (Lipinski definition) is 0. The van der Waals surface area contributed by atoms with Crippen molar-refractivity contribution in [3.05, 3.63) is 109 Å². The van der Waals surface area contributed by atoms with E-state index in [9.17, 15) is 4.39 Å². The Morgan fingerprint density at radius 1 is 0.750 bits per heavy atom. The summed E-state index contributed by atoms with van der Waals surface area (Å²) in [6.45, 7) is 3.75. The van der Waals surface area contributed by atoms with E-state index in [0.29, 0.717) is 10.9 Å². The van der Waals surface area contributed by atoms with E-state index in [4.69, 9.17) is 0 Å². The molecule has 0 saturated heterocycles. The Morgan fingerprint density at radius 2 is 1.54 bits per heavy atom. The fraction of sp³-hybridized carbons (Fsp3) is 0.0769. The molecule has 0 N–H and O–H groups in total. The van der Waals surface area contributed by atoms with Gasteiger partial charge in [-0.05, 0) is 52.6 Å². The van der Waals surface area contributed by atoms with Crippen molar-refractivity contribution in [2.24, 2.45) is 0 Å². The molecule has 0 aliphatic carbocycles. The SMILES string of the molecule is C=CCCc1ccc2c(F)c(-c3ccc(-c4cccc(F)c4)cc3)ccc2c1. The minimum atomic E-state index is -0.269. The lowest BCUT2D eigenvalue weighted by Gasteiger charge is -2.10.